The maximum absolute atomic E-state index is 12.4. The molecule has 0 bridgehead atoms. The summed E-state index contributed by atoms with van der Waals surface area (Å²) in [6, 6.07) is 0.194. The van der Waals surface area contributed by atoms with Crippen LogP contribution in [-0.2, 0) is 4.79 Å². The third-order valence-corrected chi connectivity index (χ3v) is 4.08. The number of β-amino-alcohol motifs (C(OH)–C–C–N with tert-alkyl or cyclic N) is 1. The van der Waals surface area contributed by atoms with Crippen molar-refractivity contribution in [1.29, 1.82) is 0 Å². The minimum Gasteiger partial charge on any atom is -0.382 e. The Hall–Kier alpha value is -0.820. The molecule has 1 heterocycles. The van der Waals surface area contributed by atoms with E-state index in [4.69, 9.17) is 0 Å². The summed E-state index contributed by atoms with van der Waals surface area (Å²) in [6.45, 7) is 2.13. The van der Waals surface area contributed by atoms with Gasteiger partial charge in [0.25, 0.3) is 0 Å². The van der Waals surface area contributed by atoms with Crippen molar-refractivity contribution >= 4 is 5.91 Å². The normalized spacial score (nSPS) is 25.8. The van der Waals surface area contributed by atoms with E-state index in [2.05, 4.69) is 0 Å². The molecule has 1 amide bonds. The van der Waals surface area contributed by atoms with Gasteiger partial charge in [0, 0.05) is 32.1 Å². The molecular formula is C13H21F3N2O2. The van der Waals surface area contributed by atoms with Crippen molar-refractivity contribution < 1.29 is 23.1 Å². The van der Waals surface area contributed by atoms with Gasteiger partial charge < -0.3 is 10.0 Å². The molecule has 0 aromatic rings. The molecule has 20 heavy (non-hydrogen) atoms. The zero-order chi connectivity index (χ0) is 14.9. The third kappa shape index (κ3) is 3.85. The second-order valence-electron chi connectivity index (χ2n) is 5.75. The van der Waals surface area contributed by atoms with Crippen LogP contribution in [-0.4, -0.2) is 64.8 Å². The summed E-state index contributed by atoms with van der Waals surface area (Å²) in [5.74, 6) is -0.0179. The first-order valence-electron chi connectivity index (χ1n) is 7.05. The first-order chi connectivity index (χ1) is 9.29. The predicted molar refractivity (Wildman–Crippen MR) is 67.1 cm³/mol. The molecule has 0 unspecified atom stereocenters. The van der Waals surface area contributed by atoms with Crippen LogP contribution in [0.15, 0.2) is 0 Å². The van der Waals surface area contributed by atoms with Gasteiger partial charge in [-0.15, -0.1) is 0 Å². The highest BCUT2D eigenvalue weighted by molar-refractivity contribution is 5.74. The van der Waals surface area contributed by atoms with E-state index in [0.717, 1.165) is 25.7 Å². The van der Waals surface area contributed by atoms with Crippen molar-refractivity contribution in [2.24, 2.45) is 0 Å². The molecular weight excluding hydrogens is 273 g/mol. The monoisotopic (exact) mass is 294 g/mol. The highest BCUT2D eigenvalue weighted by Gasteiger charge is 2.42. The van der Waals surface area contributed by atoms with E-state index in [0.29, 0.717) is 13.1 Å². The molecule has 1 saturated carbocycles. The minimum absolute atomic E-state index is 0.0179. The number of nitrogens with zero attached hydrogens (tertiary/aromatic N) is 2. The van der Waals surface area contributed by atoms with Crippen molar-refractivity contribution in [2.45, 2.75) is 57.0 Å². The maximum atomic E-state index is 12.4. The van der Waals surface area contributed by atoms with E-state index in [1.807, 2.05) is 0 Å². The Balaban J connectivity index is 1.91. The zero-order valence-corrected chi connectivity index (χ0v) is 11.6. The average Bonchev–Trinajstić information content (AvgIpc) is 3.07. The van der Waals surface area contributed by atoms with Gasteiger partial charge in [0.15, 0.2) is 6.10 Å². The first kappa shape index (κ1) is 15.6. The summed E-state index contributed by atoms with van der Waals surface area (Å²) in [6.07, 6.45) is -3.33. The lowest BCUT2D eigenvalue weighted by Gasteiger charge is -2.32. The largest absolute Gasteiger partial charge is 0.415 e. The maximum Gasteiger partial charge on any atom is 0.415 e. The van der Waals surface area contributed by atoms with Crippen LogP contribution >= 0.6 is 0 Å². The molecule has 0 aromatic heterocycles. The molecule has 116 valence electrons. The van der Waals surface area contributed by atoms with E-state index in [9.17, 15) is 23.1 Å². The average molecular weight is 294 g/mol. The van der Waals surface area contributed by atoms with Gasteiger partial charge in [-0.05, 0) is 32.2 Å². The van der Waals surface area contributed by atoms with Crippen molar-refractivity contribution in [3.63, 3.8) is 0 Å². The summed E-state index contributed by atoms with van der Waals surface area (Å²) >= 11 is 0. The van der Waals surface area contributed by atoms with Gasteiger partial charge in [0.1, 0.15) is 0 Å². The van der Waals surface area contributed by atoms with E-state index >= 15 is 0 Å². The molecule has 1 N–H and O–H groups in total. The van der Waals surface area contributed by atoms with Gasteiger partial charge >= 0.3 is 6.18 Å². The number of aliphatic hydroxyl groups excluding tert-OH is 1. The number of alkyl halides is 3. The zero-order valence-electron chi connectivity index (χ0n) is 11.6. The van der Waals surface area contributed by atoms with Crippen LogP contribution in [0.4, 0.5) is 13.2 Å². The molecule has 1 aliphatic carbocycles. The van der Waals surface area contributed by atoms with E-state index in [1.54, 1.807) is 9.80 Å². The summed E-state index contributed by atoms with van der Waals surface area (Å²) in [5.41, 5.74) is 0. The Labute approximate surface area is 116 Å². The second kappa shape index (κ2) is 5.89. The van der Waals surface area contributed by atoms with Gasteiger partial charge in [-0.3, -0.25) is 9.69 Å². The molecule has 2 atom stereocenters. The molecule has 0 aromatic carbocycles. The lowest BCUT2D eigenvalue weighted by Crippen LogP contribution is -2.48. The topological polar surface area (TPSA) is 43.8 Å². The summed E-state index contributed by atoms with van der Waals surface area (Å²) in [4.78, 5) is 15.0. The Kier molecular flexibility index (Phi) is 4.59. The highest BCUT2D eigenvalue weighted by Crippen LogP contribution is 2.30. The molecule has 2 aliphatic rings. The van der Waals surface area contributed by atoms with Crippen LogP contribution < -0.4 is 0 Å². The van der Waals surface area contributed by atoms with Crippen LogP contribution in [0.25, 0.3) is 0 Å². The SMILES string of the molecule is CC(=O)N(C[C@H]1CCCN1C[C@@H](O)C(F)(F)F)C1CC1. The third-order valence-electron chi connectivity index (χ3n) is 4.08. The van der Waals surface area contributed by atoms with E-state index in [1.165, 1.54) is 6.92 Å². The number of hydrogen-bond donors (Lipinski definition) is 1. The lowest BCUT2D eigenvalue weighted by atomic mass is 10.2. The molecule has 2 rings (SSSR count). The molecule has 1 saturated heterocycles. The quantitative estimate of drug-likeness (QED) is 0.833. The Bertz CT molecular complexity index is 358. The van der Waals surface area contributed by atoms with Gasteiger partial charge in [-0.2, -0.15) is 13.2 Å². The molecule has 0 radical (unpaired) electrons. The van der Waals surface area contributed by atoms with Gasteiger partial charge in [0.2, 0.25) is 5.91 Å². The minimum atomic E-state index is -4.58. The Morgan fingerprint density at radius 2 is 2.05 bits per heavy atom. The van der Waals surface area contributed by atoms with Crippen molar-refractivity contribution in [1.82, 2.24) is 9.80 Å². The van der Waals surface area contributed by atoms with Crippen LogP contribution in [0, 0.1) is 0 Å². The van der Waals surface area contributed by atoms with Crippen LogP contribution in [0.3, 0.4) is 0 Å². The molecule has 2 fully saturated rings. The number of amides is 1. The van der Waals surface area contributed by atoms with Crippen molar-refractivity contribution in [3.8, 4) is 0 Å². The Morgan fingerprint density at radius 3 is 2.55 bits per heavy atom. The number of carbonyl (C=O) groups is 1. The smallest absolute Gasteiger partial charge is 0.382 e. The number of hydrogen-bond acceptors (Lipinski definition) is 3. The molecule has 1 aliphatic heterocycles. The first-order valence-corrected chi connectivity index (χ1v) is 7.05. The predicted octanol–water partition coefficient (Wildman–Crippen LogP) is 1.38. The van der Waals surface area contributed by atoms with Gasteiger partial charge in [0.05, 0.1) is 0 Å². The number of rotatable bonds is 5. The molecule has 4 nitrogen and oxygen atoms in total. The van der Waals surface area contributed by atoms with E-state index < -0.39 is 18.8 Å². The lowest BCUT2D eigenvalue weighted by molar-refractivity contribution is -0.208. The fraction of sp³-hybridized carbons (Fsp3) is 0.923. The van der Waals surface area contributed by atoms with Crippen LogP contribution in [0.1, 0.15) is 32.6 Å². The fourth-order valence-electron chi connectivity index (χ4n) is 2.82. The van der Waals surface area contributed by atoms with Gasteiger partial charge in [-0.25, -0.2) is 0 Å². The van der Waals surface area contributed by atoms with Crippen molar-refractivity contribution in [3.05, 3.63) is 0 Å². The summed E-state index contributed by atoms with van der Waals surface area (Å²) in [5, 5.41) is 9.18. The van der Waals surface area contributed by atoms with E-state index in [-0.39, 0.29) is 18.0 Å². The molecule has 7 heteroatoms. The van der Waals surface area contributed by atoms with Crippen molar-refractivity contribution in [2.75, 3.05) is 19.6 Å². The second-order valence-corrected chi connectivity index (χ2v) is 5.75. The van der Waals surface area contributed by atoms with Crippen LogP contribution in [0.2, 0.25) is 0 Å². The molecule has 0 spiro atoms. The highest BCUT2D eigenvalue weighted by atomic mass is 19.4. The number of aliphatic hydroxyl groups is 1. The standard InChI is InChI=1S/C13H21F3N2O2/c1-9(19)18(10-4-5-10)7-11-3-2-6-17(11)8-12(20)13(14,15)16/h10-12,20H,2-8H2,1H3/t11-,12-/m1/s1. The summed E-state index contributed by atoms with van der Waals surface area (Å²) < 4.78 is 37.3. The summed E-state index contributed by atoms with van der Waals surface area (Å²) in [7, 11) is 0. The van der Waals surface area contributed by atoms with Gasteiger partial charge in [-0.1, -0.05) is 0 Å². The number of carbonyl (C=O) groups excluding carboxylic acids is 1. The number of halogens is 3. The fourth-order valence-corrected chi connectivity index (χ4v) is 2.82. The van der Waals surface area contributed by atoms with Crippen LogP contribution in [0.5, 0.6) is 0 Å². The number of likely N-dealkylation sites (tertiary alicyclic amines) is 1. The Morgan fingerprint density at radius 1 is 1.40 bits per heavy atom.